The molecule has 0 heterocycles. The lowest BCUT2D eigenvalue weighted by atomic mass is 9.47. The van der Waals surface area contributed by atoms with Crippen LogP contribution in [0.3, 0.4) is 0 Å². The van der Waals surface area contributed by atoms with E-state index in [-0.39, 0.29) is 11.5 Å². The van der Waals surface area contributed by atoms with Gasteiger partial charge in [0.25, 0.3) is 0 Å². The molecule has 0 aromatic carbocycles. The van der Waals surface area contributed by atoms with Gasteiger partial charge >= 0.3 is 0 Å². The molecule has 0 spiro atoms. The summed E-state index contributed by atoms with van der Waals surface area (Å²) in [6.07, 6.45) is 13.4. The highest BCUT2D eigenvalue weighted by Gasteiger charge is 2.57. The molecule has 23 heavy (non-hydrogen) atoms. The van der Waals surface area contributed by atoms with E-state index in [2.05, 4.69) is 24.8 Å². The van der Waals surface area contributed by atoms with E-state index in [0.717, 1.165) is 37.0 Å². The predicted octanol–water partition coefficient (Wildman–Crippen LogP) is 5.11. The van der Waals surface area contributed by atoms with Crippen LogP contribution < -0.4 is 0 Å². The molecule has 124 valence electrons. The van der Waals surface area contributed by atoms with E-state index in [1.165, 1.54) is 37.7 Å². The average molecular weight is 311 g/mol. The molecule has 0 radical (unpaired) electrons. The summed E-state index contributed by atoms with van der Waals surface area (Å²) in [6, 6.07) is 0. The van der Waals surface area contributed by atoms with Gasteiger partial charge in [-0.05, 0) is 80.0 Å². The fourth-order valence-corrected chi connectivity index (χ4v) is 6.85. The number of nitrogens with zero attached hydrogens (tertiary/aromatic N) is 1. The van der Waals surface area contributed by atoms with Crippen molar-refractivity contribution >= 4 is 0 Å². The van der Waals surface area contributed by atoms with Gasteiger partial charge in [0.2, 0.25) is 0 Å². The smallest absolute Gasteiger partial charge is 0.154 e. The molecule has 2 heteroatoms. The second-order valence-electron chi connectivity index (χ2n) is 8.91. The maximum atomic E-state index is 10.0. The van der Waals surface area contributed by atoms with Gasteiger partial charge in [-0.25, -0.2) is 4.85 Å². The number of hydrogen-bond donors (Lipinski definition) is 1. The average Bonchev–Trinajstić information content (AvgIpc) is 2.85. The van der Waals surface area contributed by atoms with Crippen LogP contribution in [0.4, 0.5) is 0 Å². The van der Waals surface area contributed by atoms with Gasteiger partial charge in [0.15, 0.2) is 6.20 Å². The predicted molar refractivity (Wildman–Crippen MR) is 92.4 cm³/mol. The Bertz CT molecular complexity index is 612. The zero-order chi connectivity index (χ0) is 16.2. The molecule has 4 rings (SSSR count). The van der Waals surface area contributed by atoms with Crippen LogP contribution in [0.15, 0.2) is 23.4 Å². The Morgan fingerprint density at radius 3 is 2.61 bits per heavy atom. The van der Waals surface area contributed by atoms with Crippen molar-refractivity contribution in [3.8, 4) is 0 Å². The lowest BCUT2D eigenvalue weighted by Gasteiger charge is -2.58. The van der Waals surface area contributed by atoms with Gasteiger partial charge in [-0.3, -0.25) is 0 Å². The first-order valence-electron chi connectivity index (χ1n) is 9.44. The Kier molecular flexibility index (Phi) is 3.50. The van der Waals surface area contributed by atoms with Crippen LogP contribution in [0, 0.1) is 35.2 Å². The van der Waals surface area contributed by atoms with Crippen LogP contribution in [0.2, 0.25) is 0 Å². The maximum Gasteiger partial charge on any atom is 0.154 e. The molecule has 2 nitrogen and oxygen atoms in total. The van der Waals surface area contributed by atoms with Crippen LogP contribution in [-0.4, -0.2) is 11.2 Å². The number of fused-ring (bicyclic) bond motifs is 5. The summed E-state index contributed by atoms with van der Waals surface area (Å²) in [5, 5.41) is 10.0. The third kappa shape index (κ3) is 2.09. The summed E-state index contributed by atoms with van der Waals surface area (Å²) in [6.45, 7) is 12.2. The molecule has 4 aliphatic rings. The van der Waals surface area contributed by atoms with Crippen molar-refractivity contribution in [1.82, 2.24) is 0 Å². The maximum absolute atomic E-state index is 10.0. The molecule has 1 N–H and O–H groups in total. The number of allylic oxidation sites excluding steroid dienone is 2. The molecule has 3 fully saturated rings. The van der Waals surface area contributed by atoms with Crippen molar-refractivity contribution in [1.29, 1.82) is 0 Å². The van der Waals surface area contributed by atoms with Crippen LogP contribution in [0.1, 0.15) is 65.2 Å². The first kappa shape index (κ1) is 15.5. The lowest BCUT2D eigenvalue weighted by molar-refractivity contribution is -0.0314. The van der Waals surface area contributed by atoms with Crippen molar-refractivity contribution < 1.29 is 5.11 Å². The van der Waals surface area contributed by atoms with Crippen LogP contribution >= 0.6 is 0 Å². The highest BCUT2D eigenvalue weighted by atomic mass is 16.3. The molecular formula is C21H29NO. The summed E-state index contributed by atoms with van der Waals surface area (Å²) in [7, 11) is 0. The van der Waals surface area contributed by atoms with Crippen molar-refractivity contribution in [2.75, 3.05) is 0 Å². The minimum Gasteiger partial charge on any atom is -0.389 e. The molecule has 3 saturated carbocycles. The topological polar surface area (TPSA) is 24.6 Å². The molecule has 0 aromatic rings. The van der Waals surface area contributed by atoms with Crippen LogP contribution in [0.25, 0.3) is 4.85 Å². The fraction of sp³-hybridized carbons (Fsp3) is 0.762. The lowest BCUT2D eigenvalue weighted by Crippen LogP contribution is -2.49. The zero-order valence-electron chi connectivity index (χ0n) is 14.5. The largest absolute Gasteiger partial charge is 0.389 e. The molecule has 0 saturated heterocycles. The highest BCUT2D eigenvalue weighted by Crippen LogP contribution is 2.66. The second kappa shape index (κ2) is 5.21. The van der Waals surface area contributed by atoms with Gasteiger partial charge in [-0.2, -0.15) is 0 Å². The summed E-state index contributed by atoms with van der Waals surface area (Å²) in [5.74, 6) is 2.39. The first-order chi connectivity index (χ1) is 11.0. The quantitative estimate of drug-likeness (QED) is 0.488. The van der Waals surface area contributed by atoms with Crippen LogP contribution in [0.5, 0.6) is 0 Å². The van der Waals surface area contributed by atoms with E-state index in [9.17, 15) is 5.11 Å². The number of aliphatic hydroxyl groups excluding tert-OH is 1. The molecular weight excluding hydrogens is 282 g/mol. The molecule has 0 aromatic heterocycles. The van der Waals surface area contributed by atoms with Crippen molar-refractivity contribution in [3.05, 3.63) is 34.8 Å². The molecule has 0 bridgehead atoms. The van der Waals surface area contributed by atoms with E-state index < -0.39 is 0 Å². The van der Waals surface area contributed by atoms with Crippen molar-refractivity contribution in [2.45, 2.75) is 71.3 Å². The van der Waals surface area contributed by atoms with Crippen molar-refractivity contribution in [3.63, 3.8) is 0 Å². The fourth-order valence-electron chi connectivity index (χ4n) is 6.85. The highest BCUT2D eigenvalue weighted by molar-refractivity contribution is 5.29. The Hall–Kier alpha value is -1.07. The monoisotopic (exact) mass is 311 g/mol. The van der Waals surface area contributed by atoms with Gasteiger partial charge < -0.3 is 5.11 Å². The minimum atomic E-state index is -0.205. The Morgan fingerprint density at radius 1 is 1.09 bits per heavy atom. The van der Waals surface area contributed by atoms with Gasteiger partial charge in [0.05, 0.1) is 12.7 Å². The summed E-state index contributed by atoms with van der Waals surface area (Å²) in [4.78, 5) is 3.60. The van der Waals surface area contributed by atoms with E-state index in [4.69, 9.17) is 6.57 Å². The Labute approximate surface area is 140 Å². The molecule has 4 aliphatic carbocycles. The first-order valence-corrected chi connectivity index (χ1v) is 9.44. The van der Waals surface area contributed by atoms with E-state index in [1.54, 1.807) is 5.57 Å². The van der Waals surface area contributed by atoms with E-state index in [1.807, 2.05) is 6.20 Å². The molecule has 0 aliphatic heterocycles. The van der Waals surface area contributed by atoms with Crippen molar-refractivity contribution in [2.24, 2.45) is 28.6 Å². The number of hydrogen-bond acceptors (Lipinski definition) is 1. The second-order valence-corrected chi connectivity index (χ2v) is 8.91. The SMILES string of the molecule is [C-]#[N+]/C=C1/CC[C@H]2[C@@H]3CCC4=C[C@H](O)CC[C@]4(C)[C@H]3CC[C@]12C. The summed E-state index contributed by atoms with van der Waals surface area (Å²) < 4.78 is 0. The van der Waals surface area contributed by atoms with Crippen LogP contribution in [-0.2, 0) is 0 Å². The standard InChI is InChI=1S/C21H29NO/c1-20-10-8-16(23)12-14(20)4-6-17-18-7-5-15(13-22-3)21(18,2)11-9-19(17)20/h12-13,16-19,23H,4-11H2,1-2H3/b15-13-/t16-,17+,18+,19+,20+,21-/m1/s1. The zero-order valence-corrected chi connectivity index (χ0v) is 14.5. The normalized spacial score (nSPS) is 50.5. The van der Waals surface area contributed by atoms with Gasteiger partial charge in [-0.15, -0.1) is 0 Å². The third-order valence-corrected chi connectivity index (χ3v) is 8.16. The van der Waals surface area contributed by atoms with E-state index in [0.29, 0.717) is 5.41 Å². The van der Waals surface area contributed by atoms with E-state index >= 15 is 0 Å². The number of aliphatic hydroxyl groups is 1. The molecule has 6 atom stereocenters. The number of rotatable bonds is 0. The van der Waals surface area contributed by atoms with Gasteiger partial charge in [0, 0.05) is 0 Å². The summed E-state index contributed by atoms with van der Waals surface area (Å²) >= 11 is 0. The Balaban J connectivity index is 1.67. The Morgan fingerprint density at radius 2 is 1.83 bits per heavy atom. The van der Waals surface area contributed by atoms with Gasteiger partial charge in [-0.1, -0.05) is 31.1 Å². The third-order valence-electron chi connectivity index (χ3n) is 8.16. The minimum absolute atomic E-state index is 0.205. The molecule has 0 unspecified atom stereocenters. The van der Waals surface area contributed by atoms with Gasteiger partial charge in [0.1, 0.15) is 0 Å². The summed E-state index contributed by atoms with van der Waals surface area (Å²) in [5.41, 5.74) is 3.60. The molecule has 0 amide bonds.